The smallest absolute Gasteiger partial charge is 0.134 e. The molecule has 3 heteroatoms. The van der Waals surface area contributed by atoms with Gasteiger partial charge in [-0.05, 0) is 6.07 Å². The van der Waals surface area contributed by atoms with E-state index < -0.39 is 0 Å². The average Bonchev–Trinajstić information content (AvgIpc) is 2.30. The van der Waals surface area contributed by atoms with Gasteiger partial charge >= 0.3 is 0 Å². The molecule has 0 spiro atoms. The largest absolute Gasteiger partial charge is 0.236 e. The van der Waals surface area contributed by atoms with Crippen LogP contribution in [0.3, 0.4) is 0 Å². The molecule has 1 nitrogen and oxygen atoms in total. The minimum Gasteiger partial charge on any atom is -0.236 e. The fourth-order valence-corrected chi connectivity index (χ4v) is 1.84. The first-order chi connectivity index (χ1) is 7.31. The van der Waals surface area contributed by atoms with E-state index in [0.29, 0.717) is 11.0 Å². The molecule has 2 aromatic rings. The average molecular weight is 238 g/mol. The van der Waals surface area contributed by atoms with Gasteiger partial charge in [0.05, 0.1) is 11.6 Å². The SMILES string of the molecule is ClCc1ccc(-c2ccccc2)nc1Cl. The van der Waals surface area contributed by atoms with Crippen molar-refractivity contribution in [1.29, 1.82) is 0 Å². The van der Waals surface area contributed by atoms with E-state index in [4.69, 9.17) is 23.2 Å². The van der Waals surface area contributed by atoms with E-state index in [-0.39, 0.29) is 0 Å². The first-order valence-corrected chi connectivity index (χ1v) is 5.49. The number of pyridine rings is 1. The summed E-state index contributed by atoms with van der Waals surface area (Å²) >= 11 is 11.7. The van der Waals surface area contributed by atoms with Crippen molar-refractivity contribution in [2.45, 2.75) is 5.88 Å². The van der Waals surface area contributed by atoms with Crippen molar-refractivity contribution in [1.82, 2.24) is 4.98 Å². The third-order valence-corrected chi connectivity index (χ3v) is 2.75. The van der Waals surface area contributed by atoms with Crippen LogP contribution < -0.4 is 0 Å². The van der Waals surface area contributed by atoms with Crippen LogP contribution >= 0.6 is 23.2 Å². The summed E-state index contributed by atoms with van der Waals surface area (Å²) in [6.07, 6.45) is 0. The van der Waals surface area contributed by atoms with Crippen LogP contribution in [0.5, 0.6) is 0 Å². The normalized spacial score (nSPS) is 10.3. The van der Waals surface area contributed by atoms with E-state index in [1.165, 1.54) is 0 Å². The molecule has 0 saturated heterocycles. The molecule has 0 N–H and O–H groups in total. The molecule has 1 aromatic carbocycles. The minimum atomic E-state index is 0.390. The van der Waals surface area contributed by atoms with Crippen molar-refractivity contribution in [3.63, 3.8) is 0 Å². The third kappa shape index (κ3) is 2.31. The lowest BCUT2D eigenvalue weighted by Gasteiger charge is -2.03. The Morgan fingerprint density at radius 2 is 1.73 bits per heavy atom. The van der Waals surface area contributed by atoms with E-state index in [2.05, 4.69) is 4.98 Å². The Hall–Kier alpha value is -1.05. The van der Waals surface area contributed by atoms with Crippen LogP contribution in [0.4, 0.5) is 0 Å². The molecule has 76 valence electrons. The number of hydrogen-bond donors (Lipinski definition) is 0. The molecule has 0 radical (unpaired) electrons. The summed E-state index contributed by atoms with van der Waals surface area (Å²) in [4.78, 5) is 4.30. The fourth-order valence-electron chi connectivity index (χ4n) is 1.33. The van der Waals surface area contributed by atoms with E-state index >= 15 is 0 Å². The van der Waals surface area contributed by atoms with Crippen molar-refractivity contribution in [3.05, 3.63) is 53.2 Å². The van der Waals surface area contributed by atoms with Crippen LogP contribution in [0.1, 0.15) is 5.56 Å². The monoisotopic (exact) mass is 237 g/mol. The Bertz CT molecular complexity index is 454. The van der Waals surface area contributed by atoms with Crippen LogP contribution in [0.25, 0.3) is 11.3 Å². The van der Waals surface area contributed by atoms with Gasteiger partial charge in [0.25, 0.3) is 0 Å². The summed E-state index contributed by atoms with van der Waals surface area (Å²) in [5, 5.41) is 0.478. The van der Waals surface area contributed by atoms with Crippen LogP contribution in [0.15, 0.2) is 42.5 Å². The molecular formula is C12H9Cl2N. The molecule has 0 aliphatic rings. The van der Waals surface area contributed by atoms with Gasteiger partial charge in [0.2, 0.25) is 0 Å². The zero-order chi connectivity index (χ0) is 10.7. The number of halogens is 2. The van der Waals surface area contributed by atoms with E-state index in [1.54, 1.807) is 0 Å². The van der Waals surface area contributed by atoms with E-state index in [9.17, 15) is 0 Å². The van der Waals surface area contributed by atoms with Gasteiger partial charge in [-0.1, -0.05) is 48.0 Å². The Morgan fingerprint density at radius 3 is 2.33 bits per heavy atom. The molecule has 15 heavy (non-hydrogen) atoms. The third-order valence-electron chi connectivity index (χ3n) is 2.14. The summed E-state index contributed by atoms with van der Waals surface area (Å²) in [6.45, 7) is 0. The lowest BCUT2D eigenvalue weighted by atomic mass is 10.1. The summed E-state index contributed by atoms with van der Waals surface area (Å²) in [5.74, 6) is 0.390. The number of rotatable bonds is 2. The summed E-state index contributed by atoms with van der Waals surface area (Å²) in [6, 6.07) is 13.8. The van der Waals surface area contributed by atoms with Crippen LogP contribution in [0, 0.1) is 0 Å². The van der Waals surface area contributed by atoms with Gasteiger partial charge in [-0.3, -0.25) is 0 Å². The van der Waals surface area contributed by atoms with Crippen molar-refractivity contribution in [3.8, 4) is 11.3 Å². The van der Waals surface area contributed by atoms with E-state index in [1.807, 2.05) is 42.5 Å². The van der Waals surface area contributed by atoms with Gasteiger partial charge in [-0.25, -0.2) is 4.98 Å². The molecule has 1 aromatic heterocycles. The molecule has 0 unspecified atom stereocenters. The maximum Gasteiger partial charge on any atom is 0.134 e. The van der Waals surface area contributed by atoms with Gasteiger partial charge in [0.1, 0.15) is 5.15 Å². The lowest BCUT2D eigenvalue weighted by Crippen LogP contribution is -1.88. The number of aromatic nitrogens is 1. The Labute approximate surface area is 98.7 Å². The highest BCUT2D eigenvalue weighted by atomic mass is 35.5. The minimum absolute atomic E-state index is 0.390. The van der Waals surface area contributed by atoms with Gasteiger partial charge in [-0.15, -0.1) is 11.6 Å². The van der Waals surface area contributed by atoms with Crippen LogP contribution in [-0.4, -0.2) is 4.98 Å². The summed E-state index contributed by atoms with van der Waals surface area (Å²) < 4.78 is 0. The highest BCUT2D eigenvalue weighted by molar-refractivity contribution is 6.31. The van der Waals surface area contributed by atoms with Crippen LogP contribution in [0.2, 0.25) is 5.15 Å². The first kappa shape index (κ1) is 10.5. The highest BCUT2D eigenvalue weighted by Gasteiger charge is 2.03. The zero-order valence-electron chi connectivity index (χ0n) is 7.95. The van der Waals surface area contributed by atoms with Gasteiger partial charge in [0.15, 0.2) is 0 Å². The molecule has 0 fully saturated rings. The van der Waals surface area contributed by atoms with Crippen molar-refractivity contribution < 1.29 is 0 Å². The first-order valence-electron chi connectivity index (χ1n) is 4.58. The number of benzene rings is 1. The van der Waals surface area contributed by atoms with E-state index in [0.717, 1.165) is 16.8 Å². The maximum atomic E-state index is 5.98. The zero-order valence-corrected chi connectivity index (χ0v) is 9.46. The Morgan fingerprint density at radius 1 is 1.00 bits per heavy atom. The predicted octanol–water partition coefficient (Wildman–Crippen LogP) is 4.14. The second-order valence-corrected chi connectivity index (χ2v) is 3.77. The Balaban J connectivity index is 2.43. The molecule has 0 saturated carbocycles. The fraction of sp³-hybridized carbons (Fsp3) is 0.0833. The number of nitrogens with zero attached hydrogens (tertiary/aromatic N) is 1. The van der Waals surface area contributed by atoms with Crippen molar-refractivity contribution >= 4 is 23.2 Å². The standard InChI is InChI=1S/C12H9Cl2N/c13-8-10-6-7-11(15-12(10)14)9-4-2-1-3-5-9/h1-7H,8H2. The maximum absolute atomic E-state index is 5.98. The second kappa shape index (κ2) is 4.65. The molecule has 0 bridgehead atoms. The number of hydrogen-bond acceptors (Lipinski definition) is 1. The predicted molar refractivity (Wildman–Crippen MR) is 64.2 cm³/mol. The van der Waals surface area contributed by atoms with Crippen molar-refractivity contribution in [2.24, 2.45) is 0 Å². The highest BCUT2D eigenvalue weighted by Crippen LogP contribution is 2.22. The summed E-state index contributed by atoms with van der Waals surface area (Å²) in [7, 11) is 0. The van der Waals surface area contributed by atoms with Gasteiger partial charge in [-0.2, -0.15) is 0 Å². The molecule has 0 aliphatic carbocycles. The summed E-state index contributed by atoms with van der Waals surface area (Å²) in [5.41, 5.74) is 2.79. The van der Waals surface area contributed by atoms with Gasteiger partial charge < -0.3 is 0 Å². The van der Waals surface area contributed by atoms with Crippen molar-refractivity contribution in [2.75, 3.05) is 0 Å². The second-order valence-electron chi connectivity index (χ2n) is 3.15. The molecule has 0 atom stereocenters. The molecule has 0 aliphatic heterocycles. The van der Waals surface area contributed by atoms with Crippen LogP contribution in [-0.2, 0) is 5.88 Å². The Kier molecular flexibility index (Phi) is 3.24. The number of alkyl halides is 1. The quantitative estimate of drug-likeness (QED) is 0.566. The molecular weight excluding hydrogens is 229 g/mol. The molecule has 1 heterocycles. The lowest BCUT2D eigenvalue weighted by molar-refractivity contribution is 1.25. The molecule has 0 amide bonds. The topological polar surface area (TPSA) is 12.9 Å². The molecule has 2 rings (SSSR count). The van der Waals surface area contributed by atoms with Gasteiger partial charge in [0, 0.05) is 11.1 Å².